The molecule has 0 spiro atoms. The van der Waals surface area contributed by atoms with E-state index in [0.29, 0.717) is 0 Å². The van der Waals surface area contributed by atoms with Crippen LogP contribution in [0.3, 0.4) is 0 Å². The Balaban J connectivity index is 3.26. The number of alkyl halides is 4. The van der Waals surface area contributed by atoms with Crippen LogP contribution in [-0.2, 0) is 11.8 Å². The number of hydrogen-bond donors (Lipinski definition) is 0. The zero-order valence-corrected chi connectivity index (χ0v) is 11.9. The van der Waals surface area contributed by atoms with E-state index >= 15 is 0 Å². The first kappa shape index (κ1) is 14.5. The van der Waals surface area contributed by atoms with Crippen molar-refractivity contribution < 1.29 is 17.9 Å². The Kier molecular flexibility index (Phi) is 5.00. The molecule has 0 aromatic carbocycles. The SMILES string of the molecule is N#CCc1ncc(I)c(OC(F)(F)F)c1CBr. The predicted molar refractivity (Wildman–Crippen MR) is 65.6 cm³/mol. The van der Waals surface area contributed by atoms with Gasteiger partial charge in [-0.05, 0) is 22.6 Å². The smallest absolute Gasteiger partial charge is 0.404 e. The minimum Gasteiger partial charge on any atom is -0.404 e. The summed E-state index contributed by atoms with van der Waals surface area (Å²) in [5.74, 6) is -0.296. The van der Waals surface area contributed by atoms with E-state index < -0.39 is 6.36 Å². The summed E-state index contributed by atoms with van der Waals surface area (Å²) in [6.45, 7) is 0. The minimum atomic E-state index is -4.76. The monoisotopic (exact) mass is 420 g/mol. The lowest BCUT2D eigenvalue weighted by Gasteiger charge is -2.15. The van der Waals surface area contributed by atoms with Crippen molar-refractivity contribution in [2.75, 3.05) is 0 Å². The number of ether oxygens (including phenoxy) is 1. The van der Waals surface area contributed by atoms with Crippen molar-refractivity contribution in [1.82, 2.24) is 4.98 Å². The Labute approximate surface area is 117 Å². The quantitative estimate of drug-likeness (QED) is 0.555. The molecule has 1 heterocycles. The maximum Gasteiger partial charge on any atom is 0.573 e. The van der Waals surface area contributed by atoms with Crippen LogP contribution >= 0.6 is 38.5 Å². The van der Waals surface area contributed by atoms with Crippen LogP contribution in [0, 0.1) is 14.9 Å². The standard InChI is InChI=1S/C9H5BrF3IN2O/c10-3-5-7(1-2-15)16-4-6(14)8(5)17-9(11,12)13/h4H,1,3H2. The minimum absolute atomic E-state index is 0.0634. The van der Waals surface area contributed by atoms with Crippen LogP contribution in [0.4, 0.5) is 13.2 Å². The van der Waals surface area contributed by atoms with Gasteiger partial charge in [0.15, 0.2) is 0 Å². The van der Waals surface area contributed by atoms with Gasteiger partial charge in [0.25, 0.3) is 0 Å². The second kappa shape index (κ2) is 5.86. The average molecular weight is 421 g/mol. The van der Waals surface area contributed by atoms with Crippen molar-refractivity contribution in [3.05, 3.63) is 21.0 Å². The fourth-order valence-electron chi connectivity index (χ4n) is 1.14. The van der Waals surface area contributed by atoms with Crippen molar-refractivity contribution in [3.8, 4) is 11.8 Å². The molecule has 1 aromatic heterocycles. The van der Waals surface area contributed by atoms with Crippen LogP contribution in [0.1, 0.15) is 11.3 Å². The molecule has 0 bridgehead atoms. The molecule has 1 rings (SSSR count). The molecular weight excluding hydrogens is 416 g/mol. The van der Waals surface area contributed by atoms with Crippen LogP contribution < -0.4 is 4.74 Å². The maximum absolute atomic E-state index is 12.2. The molecule has 0 amide bonds. The molecule has 0 saturated carbocycles. The molecule has 3 nitrogen and oxygen atoms in total. The first-order valence-corrected chi connectivity index (χ1v) is 6.44. The van der Waals surface area contributed by atoms with E-state index in [2.05, 4.69) is 25.7 Å². The lowest BCUT2D eigenvalue weighted by molar-refractivity contribution is -0.275. The van der Waals surface area contributed by atoms with Crippen molar-refractivity contribution >= 4 is 38.5 Å². The van der Waals surface area contributed by atoms with E-state index in [1.54, 1.807) is 22.6 Å². The average Bonchev–Trinajstić information content (AvgIpc) is 2.22. The van der Waals surface area contributed by atoms with Gasteiger partial charge in [0.1, 0.15) is 5.75 Å². The molecule has 0 N–H and O–H groups in total. The third kappa shape index (κ3) is 3.99. The molecule has 8 heteroatoms. The Morgan fingerprint density at radius 1 is 1.53 bits per heavy atom. The highest BCUT2D eigenvalue weighted by molar-refractivity contribution is 14.1. The van der Waals surface area contributed by atoms with Gasteiger partial charge in [-0.25, -0.2) is 0 Å². The first-order chi connectivity index (χ1) is 7.89. The number of nitriles is 1. The van der Waals surface area contributed by atoms with E-state index in [9.17, 15) is 13.2 Å². The molecule has 0 aliphatic heterocycles. The fraction of sp³-hybridized carbons (Fsp3) is 0.333. The molecule has 0 saturated heterocycles. The highest BCUT2D eigenvalue weighted by Gasteiger charge is 2.33. The number of hydrogen-bond acceptors (Lipinski definition) is 3. The van der Waals surface area contributed by atoms with Gasteiger partial charge >= 0.3 is 6.36 Å². The summed E-state index contributed by atoms with van der Waals surface area (Å²) in [7, 11) is 0. The largest absolute Gasteiger partial charge is 0.573 e. The van der Waals surface area contributed by atoms with Gasteiger partial charge in [0, 0.05) is 17.1 Å². The van der Waals surface area contributed by atoms with Crippen LogP contribution in [0.25, 0.3) is 0 Å². The van der Waals surface area contributed by atoms with Gasteiger partial charge in [-0.15, -0.1) is 13.2 Å². The van der Waals surface area contributed by atoms with E-state index in [0.717, 1.165) is 0 Å². The van der Waals surface area contributed by atoms with Crippen LogP contribution in [0.5, 0.6) is 5.75 Å². The topological polar surface area (TPSA) is 45.9 Å². The molecule has 0 fully saturated rings. The zero-order valence-electron chi connectivity index (χ0n) is 8.18. The van der Waals surface area contributed by atoms with Crippen LogP contribution in [-0.4, -0.2) is 11.3 Å². The van der Waals surface area contributed by atoms with Gasteiger partial charge in [-0.3, -0.25) is 4.98 Å². The summed E-state index contributed by atoms with van der Waals surface area (Å²) in [5.41, 5.74) is 0.528. The Bertz CT molecular complexity index is 459. The Morgan fingerprint density at radius 3 is 2.65 bits per heavy atom. The molecule has 0 aliphatic rings. The summed E-state index contributed by atoms with van der Waals surface area (Å²) < 4.78 is 40.9. The molecule has 0 unspecified atom stereocenters. The summed E-state index contributed by atoms with van der Waals surface area (Å²) in [6, 6.07) is 1.85. The molecular formula is C9H5BrF3IN2O. The fourth-order valence-corrected chi connectivity index (χ4v) is 2.29. The summed E-state index contributed by atoms with van der Waals surface area (Å²) in [6.07, 6.45) is -3.57. The second-order valence-corrected chi connectivity index (χ2v) is 4.60. The maximum atomic E-state index is 12.2. The van der Waals surface area contributed by atoms with Gasteiger partial charge < -0.3 is 4.74 Å². The number of rotatable bonds is 3. The number of pyridine rings is 1. The van der Waals surface area contributed by atoms with Crippen molar-refractivity contribution in [1.29, 1.82) is 5.26 Å². The molecule has 92 valence electrons. The van der Waals surface area contributed by atoms with Crippen molar-refractivity contribution in [2.45, 2.75) is 18.1 Å². The third-order valence-electron chi connectivity index (χ3n) is 1.77. The van der Waals surface area contributed by atoms with Crippen molar-refractivity contribution in [2.24, 2.45) is 0 Å². The van der Waals surface area contributed by atoms with Gasteiger partial charge in [0.2, 0.25) is 0 Å². The molecule has 0 aliphatic carbocycles. The molecule has 17 heavy (non-hydrogen) atoms. The molecule has 1 aromatic rings. The van der Waals surface area contributed by atoms with Gasteiger partial charge in [0.05, 0.1) is 21.8 Å². The second-order valence-electron chi connectivity index (χ2n) is 2.88. The highest BCUT2D eigenvalue weighted by atomic mass is 127. The van der Waals surface area contributed by atoms with Crippen molar-refractivity contribution in [3.63, 3.8) is 0 Å². The predicted octanol–water partition coefficient (Wildman–Crippen LogP) is 3.55. The first-order valence-electron chi connectivity index (χ1n) is 4.24. The third-order valence-corrected chi connectivity index (χ3v) is 3.10. The number of nitrogens with zero attached hydrogens (tertiary/aromatic N) is 2. The molecule has 0 atom stereocenters. The van der Waals surface area contributed by atoms with E-state index in [-0.39, 0.29) is 32.3 Å². The zero-order chi connectivity index (χ0) is 13.1. The number of aromatic nitrogens is 1. The Morgan fingerprint density at radius 2 is 2.18 bits per heavy atom. The lowest BCUT2D eigenvalue weighted by Crippen LogP contribution is -2.19. The number of halogens is 5. The lowest BCUT2D eigenvalue weighted by atomic mass is 10.1. The Hall–Kier alpha value is -0.560. The van der Waals surface area contributed by atoms with E-state index in [4.69, 9.17) is 5.26 Å². The summed E-state index contributed by atoms with van der Waals surface area (Å²) >= 11 is 4.77. The molecule has 0 radical (unpaired) electrons. The van der Waals surface area contributed by atoms with Crippen LogP contribution in [0.15, 0.2) is 6.20 Å². The highest BCUT2D eigenvalue weighted by Crippen LogP contribution is 2.33. The normalized spacial score (nSPS) is 11.1. The van der Waals surface area contributed by atoms with Gasteiger partial charge in [-0.1, -0.05) is 15.9 Å². The van der Waals surface area contributed by atoms with E-state index in [1.165, 1.54) is 6.20 Å². The van der Waals surface area contributed by atoms with Crippen LogP contribution in [0.2, 0.25) is 0 Å². The summed E-state index contributed by atoms with van der Waals surface area (Å²) in [4.78, 5) is 3.92. The van der Waals surface area contributed by atoms with E-state index in [1.807, 2.05) is 6.07 Å². The summed E-state index contributed by atoms with van der Waals surface area (Å²) in [5, 5.41) is 8.70. The van der Waals surface area contributed by atoms with Gasteiger partial charge in [-0.2, -0.15) is 5.26 Å².